The summed E-state index contributed by atoms with van der Waals surface area (Å²) in [5, 5.41) is 6.60. The Bertz CT molecular complexity index is 388. The lowest BCUT2D eigenvalue weighted by atomic mass is 10.1. The van der Waals surface area contributed by atoms with Crippen LogP contribution in [0, 0.1) is 5.92 Å². The number of ether oxygens (including phenoxy) is 1. The maximum absolute atomic E-state index is 11.6. The molecule has 0 saturated carbocycles. The van der Waals surface area contributed by atoms with Crippen molar-refractivity contribution < 1.29 is 9.53 Å². The fourth-order valence-corrected chi connectivity index (χ4v) is 2.00. The smallest absolute Gasteiger partial charge is 0.238 e. The van der Waals surface area contributed by atoms with E-state index in [0.29, 0.717) is 17.5 Å². The molecule has 1 aromatic carbocycles. The Balaban J connectivity index is 1.66. The molecule has 4 nitrogen and oxygen atoms in total. The summed E-state index contributed by atoms with van der Waals surface area (Å²) >= 11 is 5.77. The minimum atomic E-state index is -0.0452. The lowest BCUT2D eigenvalue weighted by Crippen LogP contribution is -2.31. The van der Waals surface area contributed by atoms with E-state index in [2.05, 4.69) is 10.6 Å². The number of anilines is 1. The third-order valence-corrected chi connectivity index (χ3v) is 3.12. The van der Waals surface area contributed by atoms with Crippen LogP contribution >= 0.6 is 11.6 Å². The highest BCUT2D eigenvalue weighted by Gasteiger charge is 2.15. The molecule has 18 heavy (non-hydrogen) atoms. The number of hydrogen-bond donors (Lipinski definition) is 2. The highest BCUT2D eigenvalue weighted by atomic mass is 35.5. The van der Waals surface area contributed by atoms with Gasteiger partial charge in [-0.25, -0.2) is 0 Å². The second-order valence-corrected chi connectivity index (χ2v) is 4.85. The van der Waals surface area contributed by atoms with Crippen LogP contribution in [0.3, 0.4) is 0 Å². The molecule has 1 fully saturated rings. The SMILES string of the molecule is O=C(CNCC1CCOC1)Nc1ccc(Cl)cc1. The summed E-state index contributed by atoms with van der Waals surface area (Å²) in [6, 6.07) is 7.07. The molecule has 1 aliphatic heterocycles. The predicted molar refractivity (Wildman–Crippen MR) is 71.9 cm³/mol. The molecule has 0 radical (unpaired) electrons. The van der Waals surface area contributed by atoms with Gasteiger partial charge in [0, 0.05) is 23.9 Å². The van der Waals surface area contributed by atoms with Crippen molar-refractivity contribution in [1.29, 1.82) is 0 Å². The van der Waals surface area contributed by atoms with Crippen LogP contribution in [0.25, 0.3) is 0 Å². The molecule has 1 aliphatic rings. The van der Waals surface area contributed by atoms with Crippen molar-refractivity contribution in [2.75, 3.05) is 31.6 Å². The van der Waals surface area contributed by atoms with Crippen molar-refractivity contribution in [2.45, 2.75) is 6.42 Å². The Morgan fingerprint density at radius 1 is 1.39 bits per heavy atom. The molecule has 2 rings (SSSR count). The Morgan fingerprint density at radius 2 is 2.17 bits per heavy atom. The van der Waals surface area contributed by atoms with Crippen molar-refractivity contribution in [3.63, 3.8) is 0 Å². The topological polar surface area (TPSA) is 50.4 Å². The summed E-state index contributed by atoms with van der Waals surface area (Å²) in [7, 11) is 0. The van der Waals surface area contributed by atoms with Crippen LogP contribution in [-0.4, -0.2) is 32.2 Å². The lowest BCUT2D eigenvalue weighted by Gasteiger charge is -2.09. The van der Waals surface area contributed by atoms with Gasteiger partial charge in [0.05, 0.1) is 13.2 Å². The number of nitrogens with one attached hydrogen (secondary N) is 2. The van der Waals surface area contributed by atoms with E-state index in [-0.39, 0.29) is 5.91 Å². The molecule has 0 bridgehead atoms. The van der Waals surface area contributed by atoms with Gasteiger partial charge < -0.3 is 15.4 Å². The van der Waals surface area contributed by atoms with Gasteiger partial charge in [-0.1, -0.05) is 11.6 Å². The molecule has 2 N–H and O–H groups in total. The van der Waals surface area contributed by atoms with Crippen molar-refractivity contribution in [3.8, 4) is 0 Å². The van der Waals surface area contributed by atoms with Gasteiger partial charge in [0.2, 0.25) is 5.91 Å². The average Bonchev–Trinajstić information content (AvgIpc) is 2.85. The summed E-state index contributed by atoms with van der Waals surface area (Å²) in [6.07, 6.45) is 1.08. The maximum Gasteiger partial charge on any atom is 0.238 e. The van der Waals surface area contributed by atoms with Crippen LogP contribution in [0.1, 0.15) is 6.42 Å². The Morgan fingerprint density at radius 3 is 2.83 bits per heavy atom. The zero-order chi connectivity index (χ0) is 12.8. The Hall–Kier alpha value is -1.10. The third kappa shape index (κ3) is 4.29. The molecule has 1 unspecified atom stereocenters. The van der Waals surface area contributed by atoms with Gasteiger partial charge in [0.25, 0.3) is 0 Å². The second kappa shape index (κ2) is 6.73. The van der Waals surface area contributed by atoms with Crippen LogP contribution in [0.15, 0.2) is 24.3 Å². The molecule has 1 heterocycles. The van der Waals surface area contributed by atoms with Crippen molar-refractivity contribution in [1.82, 2.24) is 5.32 Å². The fourth-order valence-electron chi connectivity index (χ4n) is 1.87. The van der Waals surface area contributed by atoms with E-state index in [1.54, 1.807) is 24.3 Å². The van der Waals surface area contributed by atoms with Crippen LogP contribution in [0.4, 0.5) is 5.69 Å². The number of hydrogen-bond acceptors (Lipinski definition) is 3. The van der Waals surface area contributed by atoms with E-state index in [1.807, 2.05) is 0 Å². The fraction of sp³-hybridized carbons (Fsp3) is 0.462. The Kier molecular flexibility index (Phi) is 4.99. The standard InChI is InChI=1S/C13H17ClN2O2/c14-11-1-3-12(4-2-11)16-13(17)8-15-7-10-5-6-18-9-10/h1-4,10,15H,5-9H2,(H,16,17). The second-order valence-electron chi connectivity index (χ2n) is 4.42. The first-order chi connectivity index (χ1) is 8.74. The monoisotopic (exact) mass is 268 g/mol. The first kappa shape index (κ1) is 13.3. The van der Waals surface area contributed by atoms with Gasteiger partial charge >= 0.3 is 0 Å². The van der Waals surface area contributed by atoms with Gasteiger partial charge in [-0.3, -0.25) is 4.79 Å². The minimum Gasteiger partial charge on any atom is -0.381 e. The number of benzene rings is 1. The van der Waals surface area contributed by atoms with Crippen LogP contribution in [-0.2, 0) is 9.53 Å². The molecule has 0 aliphatic carbocycles. The molecule has 1 saturated heterocycles. The first-order valence-electron chi connectivity index (χ1n) is 6.08. The molecule has 1 amide bonds. The summed E-state index contributed by atoms with van der Waals surface area (Å²) in [5.41, 5.74) is 0.760. The van der Waals surface area contributed by atoms with Crippen molar-refractivity contribution in [3.05, 3.63) is 29.3 Å². The predicted octanol–water partition coefficient (Wildman–Crippen LogP) is 1.90. The van der Waals surface area contributed by atoms with Gasteiger partial charge in [-0.05, 0) is 36.6 Å². The molecule has 1 aromatic rings. The molecule has 1 atom stereocenters. The first-order valence-corrected chi connectivity index (χ1v) is 6.46. The molecule has 5 heteroatoms. The third-order valence-electron chi connectivity index (χ3n) is 2.87. The molecule has 98 valence electrons. The van der Waals surface area contributed by atoms with E-state index < -0.39 is 0 Å². The van der Waals surface area contributed by atoms with E-state index in [1.165, 1.54) is 0 Å². The number of amides is 1. The Labute approximate surface area is 112 Å². The average molecular weight is 269 g/mol. The van der Waals surface area contributed by atoms with Crippen LogP contribution in [0.2, 0.25) is 5.02 Å². The van der Waals surface area contributed by atoms with Crippen molar-refractivity contribution in [2.24, 2.45) is 5.92 Å². The quantitative estimate of drug-likeness (QED) is 0.858. The van der Waals surface area contributed by atoms with Crippen molar-refractivity contribution >= 4 is 23.2 Å². The van der Waals surface area contributed by atoms with Gasteiger partial charge in [-0.2, -0.15) is 0 Å². The number of carbonyl (C=O) groups is 1. The lowest BCUT2D eigenvalue weighted by molar-refractivity contribution is -0.115. The number of rotatable bonds is 5. The molecular formula is C13H17ClN2O2. The van der Waals surface area contributed by atoms with E-state index in [9.17, 15) is 4.79 Å². The summed E-state index contributed by atoms with van der Waals surface area (Å²) in [4.78, 5) is 11.6. The molecular weight excluding hydrogens is 252 g/mol. The van der Waals surface area contributed by atoms with E-state index in [0.717, 1.165) is 31.9 Å². The highest BCUT2D eigenvalue weighted by molar-refractivity contribution is 6.30. The van der Waals surface area contributed by atoms with Crippen LogP contribution in [0.5, 0.6) is 0 Å². The minimum absolute atomic E-state index is 0.0452. The summed E-state index contributed by atoms with van der Waals surface area (Å²) < 4.78 is 5.27. The summed E-state index contributed by atoms with van der Waals surface area (Å²) in [5.74, 6) is 0.490. The molecule has 0 spiro atoms. The van der Waals surface area contributed by atoms with E-state index >= 15 is 0 Å². The van der Waals surface area contributed by atoms with Gasteiger partial charge in [-0.15, -0.1) is 0 Å². The number of carbonyl (C=O) groups excluding carboxylic acids is 1. The highest BCUT2D eigenvalue weighted by Crippen LogP contribution is 2.13. The largest absolute Gasteiger partial charge is 0.381 e. The maximum atomic E-state index is 11.6. The zero-order valence-corrected chi connectivity index (χ0v) is 10.9. The number of halogens is 1. The van der Waals surface area contributed by atoms with Crippen LogP contribution < -0.4 is 10.6 Å². The van der Waals surface area contributed by atoms with E-state index in [4.69, 9.17) is 16.3 Å². The normalized spacial score (nSPS) is 18.8. The molecule has 0 aromatic heterocycles. The summed E-state index contributed by atoms with van der Waals surface area (Å²) in [6.45, 7) is 2.78. The van der Waals surface area contributed by atoms with Gasteiger partial charge in [0.1, 0.15) is 0 Å². The zero-order valence-electron chi connectivity index (χ0n) is 10.1. The van der Waals surface area contributed by atoms with Gasteiger partial charge in [0.15, 0.2) is 0 Å².